The molecule has 0 saturated carbocycles. The first-order valence-electron chi connectivity index (χ1n) is 4.27. The Morgan fingerprint density at radius 3 is 2.31 bits per heavy atom. The van der Waals surface area contributed by atoms with Crippen LogP contribution < -0.4 is 5.84 Å². The molecule has 2 nitrogen and oxygen atoms in total. The van der Waals surface area contributed by atoms with Crippen LogP contribution in [0, 0.1) is 6.92 Å². The minimum absolute atomic E-state index is 1.08. The summed E-state index contributed by atoms with van der Waals surface area (Å²) in [6.45, 7) is 2.06. The molecule has 0 aliphatic heterocycles. The standard InChI is InChI=1S/C11H12N2/c1-9-7-8-13(12)11(9)10-5-3-2-4-6-10/h2-8H,12H2,1H3. The van der Waals surface area contributed by atoms with Gasteiger partial charge in [0.05, 0.1) is 5.69 Å². The van der Waals surface area contributed by atoms with Gasteiger partial charge < -0.3 is 5.84 Å². The molecule has 2 aromatic rings. The number of hydrogen-bond donors (Lipinski definition) is 1. The molecular weight excluding hydrogens is 160 g/mol. The van der Waals surface area contributed by atoms with E-state index in [1.807, 2.05) is 30.5 Å². The molecule has 0 bridgehead atoms. The molecule has 0 fully saturated rings. The average molecular weight is 172 g/mol. The molecule has 1 aromatic carbocycles. The summed E-state index contributed by atoms with van der Waals surface area (Å²) in [6, 6.07) is 12.2. The highest BCUT2D eigenvalue weighted by atomic mass is 15.3. The van der Waals surface area contributed by atoms with Gasteiger partial charge in [-0.2, -0.15) is 0 Å². The van der Waals surface area contributed by atoms with E-state index in [-0.39, 0.29) is 0 Å². The highest BCUT2D eigenvalue weighted by Crippen LogP contribution is 2.21. The number of rotatable bonds is 1. The first kappa shape index (κ1) is 7.92. The maximum Gasteiger partial charge on any atom is 0.0719 e. The Labute approximate surface area is 77.6 Å². The lowest BCUT2D eigenvalue weighted by Crippen LogP contribution is -2.07. The van der Waals surface area contributed by atoms with Gasteiger partial charge in [0.15, 0.2) is 0 Å². The summed E-state index contributed by atoms with van der Waals surface area (Å²) in [7, 11) is 0. The van der Waals surface area contributed by atoms with E-state index >= 15 is 0 Å². The quantitative estimate of drug-likeness (QED) is 0.657. The van der Waals surface area contributed by atoms with Crippen molar-refractivity contribution in [2.75, 3.05) is 5.84 Å². The Balaban J connectivity index is 2.59. The zero-order valence-corrected chi connectivity index (χ0v) is 7.57. The molecular formula is C11H12N2. The van der Waals surface area contributed by atoms with Gasteiger partial charge in [-0.3, -0.25) is 4.68 Å². The second kappa shape index (κ2) is 2.98. The van der Waals surface area contributed by atoms with Crippen LogP contribution in [0.3, 0.4) is 0 Å². The minimum Gasteiger partial charge on any atom is -0.339 e. The SMILES string of the molecule is Cc1ccn(N)c1-c1ccccc1. The lowest BCUT2D eigenvalue weighted by Gasteiger charge is -2.04. The summed E-state index contributed by atoms with van der Waals surface area (Å²) in [5, 5.41) is 0. The van der Waals surface area contributed by atoms with Crippen LogP contribution in [0.5, 0.6) is 0 Å². The number of aryl methyl sites for hydroxylation is 1. The van der Waals surface area contributed by atoms with Gasteiger partial charge in [-0.15, -0.1) is 0 Å². The molecule has 2 heteroatoms. The van der Waals surface area contributed by atoms with Crippen molar-refractivity contribution in [2.24, 2.45) is 0 Å². The molecule has 0 aliphatic rings. The zero-order valence-electron chi connectivity index (χ0n) is 7.57. The Morgan fingerprint density at radius 1 is 1.08 bits per heavy atom. The second-order valence-corrected chi connectivity index (χ2v) is 3.12. The number of nitrogen functional groups attached to an aromatic ring is 1. The van der Waals surface area contributed by atoms with Crippen molar-refractivity contribution in [1.29, 1.82) is 0 Å². The van der Waals surface area contributed by atoms with E-state index in [1.165, 1.54) is 5.56 Å². The Hall–Kier alpha value is -1.70. The molecule has 0 aliphatic carbocycles. The summed E-state index contributed by atoms with van der Waals surface area (Å²) in [5.74, 6) is 5.79. The summed E-state index contributed by atoms with van der Waals surface area (Å²) < 4.78 is 1.66. The molecule has 0 radical (unpaired) electrons. The molecule has 0 atom stereocenters. The van der Waals surface area contributed by atoms with Crippen molar-refractivity contribution < 1.29 is 0 Å². The predicted octanol–water partition coefficient (Wildman–Crippen LogP) is 2.18. The molecule has 0 saturated heterocycles. The number of hydrogen-bond acceptors (Lipinski definition) is 1. The van der Waals surface area contributed by atoms with Crippen LogP contribution >= 0.6 is 0 Å². The summed E-state index contributed by atoms with van der Waals surface area (Å²) in [6.07, 6.45) is 1.87. The molecule has 0 spiro atoms. The fraction of sp³-hybridized carbons (Fsp3) is 0.0909. The Morgan fingerprint density at radius 2 is 1.77 bits per heavy atom. The van der Waals surface area contributed by atoms with Gasteiger partial charge in [0.2, 0.25) is 0 Å². The largest absolute Gasteiger partial charge is 0.339 e. The van der Waals surface area contributed by atoms with Crippen LogP contribution in [0.15, 0.2) is 42.6 Å². The fourth-order valence-corrected chi connectivity index (χ4v) is 1.52. The lowest BCUT2D eigenvalue weighted by molar-refractivity contribution is 1.02. The van der Waals surface area contributed by atoms with Crippen LogP contribution in [0.1, 0.15) is 5.56 Å². The summed E-state index contributed by atoms with van der Waals surface area (Å²) in [4.78, 5) is 0. The number of nitrogens with two attached hydrogens (primary N) is 1. The maximum atomic E-state index is 5.79. The number of aromatic nitrogens is 1. The molecule has 2 rings (SSSR count). The van der Waals surface area contributed by atoms with Gasteiger partial charge in [0.25, 0.3) is 0 Å². The molecule has 1 aromatic heterocycles. The smallest absolute Gasteiger partial charge is 0.0719 e. The third-order valence-corrected chi connectivity index (χ3v) is 2.16. The van der Waals surface area contributed by atoms with E-state index in [4.69, 9.17) is 5.84 Å². The van der Waals surface area contributed by atoms with E-state index in [1.54, 1.807) is 4.68 Å². The fourth-order valence-electron chi connectivity index (χ4n) is 1.52. The maximum absolute atomic E-state index is 5.79. The van der Waals surface area contributed by atoms with Crippen molar-refractivity contribution in [1.82, 2.24) is 4.68 Å². The van der Waals surface area contributed by atoms with Crippen molar-refractivity contribution in [3.05, 3.63) is 48.2 Å². The summed E-state index contributed by atoms with van der Waals surface area (Å²) in [5.41, 5.74) is 3.45. The molecule has 0 amide bonds. The summed E-state index contributed by atoms with van der Waals surface area (Å²) >= 11 is 0. The van der Waals surface area contributed by atoms with Gasteiger partial charge in [-0.05, 0) is 18.6 Å². The first-order chi connectivity index (χ1) is 6.29. The van der Waals surface area contributed by atoms with E-state index in [2.05, 4.69) is 19.1 Å². The van der Waals surface area contributed by atoms with E-state index < -0.39 is 0 Å². The van der Waals surface area contributed by atoms with Gasteiger partial charge in [0, 0.05) is 11.8 Å². The number of nitrogens with zero attached hydrogens (tertiary/aromatic N) is 1. The molecule has 66 valence electrons. The zero-order chi connectivity index (χ0) is 9.26. The van der Waals surface area contributed by atoms with Gasteiger partial charge in [0.1, 0.15) is 0 Å². The molecule has 2 N–H and O–H groups in total. The topological polar surface area (TPSA) is 30.9 Å². The van der Waals surface area contributed by atoms with Crippen molar-refractivity contribution in [3.63, 3.8) is 0 Å². The van der Waals surface area contributed by atoms with Crippen molar-refractivity contribution in [3.8, 4) is 11.3 Å². The lowest BCUT2D eigenvalue weighted by atomic mass is 10.1. The van der Waals surface area contributed by atoms with Gasteiger partial charge in [-0.1, -0.05) is 30.3 Å². The van der Waals surface area contributed by atoms with Crippen LogP contribution in [-0.4, -0.2) is 4.68 Å². The third kappa shape index (κ3) is 1.31. The van der Waals surface area contributed by atoms with Crippen LogP contribution in [0.25, 0.3) is 11.3 Å². The predicted molar refractivity (Wildman–Crippen MR) is 54.8 cm³/mol. The van der Waals surface area contributed by atoms with Crippen molar-refractivity contribution >= 4 is 0 Å². The average Bonchev–Trinajstić information content (AvgIpc) is 2.48. The highest BCUT2D eigenvalue weighted by Gasteiger charge is 2.04. The van der Waals surface area contributed by atoms with E-state index in [0.717, 1.165) is 11.3 Å². The Kier molecular flexibility index (Phi) is 1.81. The minimum atomic E-state index is 1.08. The van der Waals surface area contributed by atoms with Crippen LogP contribution in [-0.2, 0) is 0 Å². The second-order valence-electron chi connectivity index (χ2n) is 3.12. The van der Waals surface area contributed by atoms with Gasteiger partial charge in [-0.25, -0.2) is 0 Å². The monoisotopic (exact) mass is 172 g/mol. The molecule has 13 heavy (non-hydrogen) atoms. The molecule has 0 unspecified atom stereocenters. The number of benzene rings is 1. The van der Waals surface area contributed by atoms with Gasteiger partial charge >= 0.3 is 0 Å². The van der Waals surface area contributed by atoms with Crippen molar-refractivity contribution in [2.45, 2.75) is 6.92 Å². The highest BCUT2D eigenvalue weighted by molar-refractivity contribution is 5.63. The third-order valence-electron chi connectivity index (χ3n) is 2.16. The Bertz CT molecular complexity index is 382. The normalized spacial score (nSPS) is 10.2. The van der Waals surface area contributed by atoms with Crippen LogP contribution in [0.2, 0.25) is 0 Å². The first-order valence-corrected chi connectivity index (χ1v) is 4.27. The van der Waals surface area contributed by atoms with E-state index in [0.29, 0.717) is 0 Å². The van der Waals surface area contributed by atoms with E-state index in [9.17, 15) is 0 Å². The van der Waals surface area contributed by atoms with Crippen LogP contribution in [0.4, 0.5) is 0 Å². The molecule has 1 heterocycles.